The second-order valence-electron chi connectivity index (χ2n) is 5.19. The lowest BCUT2D eigenvalue weighted by Gasteiger charge is -2.52. The van der Waals surface area contributed by atoms with Crippen molar-refractivity contribution in [3.63, 3.8) is 0 Å². The summed E-state index contributed by atoms with van der Waals surface area (Å²) in [6.07, 6.45) is 0. The normalized spacial score (nSPS) is 18.2. The van der Waals surface area contributed by atoms with Crippen molar-refractivity contribution in [3.8, 4) is 0 Å². The molecule has 1 nitrogen and oxygen atoms in total. The second-order valence-corrected chi connectivity index (χ2v) is 5.19. The molecular weight excluding hydrogens is 182 g/mol. The van der Waals surface area contributed by atoms with E-state index < -0.39 is 0 Å². The van der Waals surface area contributed by atoms with Gasteiger partial charge in [0.15, 0.2) is 0 Å². The molecule has 0 radical (unpaired) electrons. The molecule has 0 aromatic heterocycles. The van der Waals surface area contributed by atoms with Crippen LogP contribution in [0.2, 0.25) is 0 Å². The third kappa shape index (κ3) is 7.84. The zero-order valence-corrected chi connectivity index (χ0v) is 11.9. The van der Waals surface area contributed by atoms with E-state index in [-0.39, 0.29) is 7.43 Å². The Hall–Kier alpha value is -0.0400. The zero-order valence-electron chi connectivity index (χ0n) is 11.9. The highest BCUT2D eigenvalue weighted by atomic mass is 15.3. The summed E-state index contributed by atoms with van der Waals surface area (Å²) in [4.78, 5) is 2.52. The van der Waals surface area contributed by atoms with Crippen molar-refractivity contribution < 1.29 is 0 Å². The molecule has 1 rings (SSSR count). The average molecular weight is 217 g/mol. The van der Waals surface area contributed by atoms with Crippen LogP contribution < -0.4 is 0 Å². The quantitative estimate of drug-likeness (QED) is 0.562. The summed E-state index contributed by atoms with van der Waals surface area (Å²) in [7, 11) is 0. The highest BCUT2D eigenvalue weighted by Gasteiger charge is 2.39. The number of rotatable bonds is 0. The molecule has 1 heterocycles. The molecule has 96 valence electrons. The van der Waals surface area contributed by atoms with E-state index in [1.54, 1.807) is 0 Å². The Labute approximate surface area is 99.3 Å². The maximum absolute atomic E-state index is 2.52. The Balaban J connectivity index is -0.000000258. The molecule has 0 saturated carbocycles. The molecule has 1 aliphatic heterocycles. The van der Waals surface area contributed by atoms with Gasteiger partial charge in [-0.05, 0) is 26.2 Å². The smallest absolute Gasteiger partial charge is 0.0125 e. The van der Waals surface area contributed by atoms with Crippen LogP contribution in [-0.4, -0.2) is 23.5 Å². The summed E-state index contributed by atoms with van der Waals surface area (Å²) in [5.41, 5.74) is 0.961. The van der Waals surface area contributed by atoms with E-state index in [4.69, 9.17) is 0 Å². The van der Waals surface area contributed by atoms with Crippen molar-refractivity contribution in [2.75, 3.05) is 13.1 Å². The van der Waals surface area contributed by atoms with Crippen LogP contribution in [-0.2, 0) is 0 Å². The van der Waals surface area contributed by atoms with Gasteiger partial charge in [-0.1, -0.05) is 49.0 Å². The van der Waals surface area contributed by atoms with Crippen molar-refractivity contribution in [3.05, 3.63) is 0 Å². The van der Waals surface area contributed by atoms with Crippen molar-refractivity contribution in [1.82, 2.24) is 4.90 Å². The fourth-order valence-electron chi connectivity index (χ4n) is 1.46. The van der Waals surface area contributed by atoms with Crippen LogP contribution in [0, 0.1) is 5.41 Å². The van der Waals surface area contributed by atoms with Crippen molar-refractivity contribution >= 4 is 0 Å². The highest BCUT2D eigenvalue weighted by Crippen LogP contribution is 2.33. The van der Waals surface area contributed by atoms with Gasteiger partial charge in [0.05, 0.1) is 0 Å². The lowest BCUT2D eigenvalue weighted by Crippen LogP contribution is -2.60. The van der Waals surface area contributed by atoms with E-state index in [9.17, 15) is 0 Å². The summed E-state index contributed by atoms with van der Waals surface area (Å²) >= 11 is 0. The molecule has 0 N–H and O–H groups in total. The number of hydrogen-bond acceptors (Lipinski definition) is 1. The van der Waals surface area contributed by atoms with Crippen LogP contribution in [0.25, 0.3) is 0 Å². The first kappa shape index (κ1) is 20.4. The van der Waals surface area contributed by atoms with E-state index in [0.717, 1.165) is 0 Å². The van der Waals surface area contributed by atoms with E-state index in [2.05, 4.69) is 39.5 Å². The van der Waals surface area contributed by atoms with Gasteiger partial charge in [-0.15, -0.1) is 0 Å². The minimum absolute atomic E-state index is 0. The number of likely N-dealkylation sites (tertiary alicyclic amines) is 1. The lowest BCUT2D eigenvalue weighted by molar-refractivity contribution is -0.0366. The van der Waals surface area contributed by atoms with E-state index in [1.807, 2.05) is 27.7 Å². The molecule has 1 aliphatic rings. The third-order valence-electron chi connectivity index (χ3n) is 2.19. The van der Waals surface area contributed by atoms with Gasteiger partial charge in [-0.25, -0.2) is 0 Å². The summed E-state index contributed by atoms with van der Waals surface area (Å²) in [6.45, 7) is 22.0. The summed E-state index contributed by atoms with van der Waals surface area (Å²) in [5, 5.41) is 0. The fraction of sp³-hybridized carbons (Fsp3) is 1.00. The van der Waals surface area contributed by atoms with Gasteiger partial charge >= 0.3 is 0 Å². The van der Waals surface area contributed by atoms with Crippen LogP contribution in [0.5, 0.6) is 0 Å². The fourth-order valence-corrected chi connectivity index (χ4v) is 1.46. The van der Waals surface area contributed by atoms with Crippen LogP contribution in [0.15, 0.2) is 0 Å². The Morgan fingerprint density at radius 2 is 1.13 bits per heavy atom. The highest BCUT2D eigenvalue weighted by molar-refractivity contribution is 4.93. The first-order valence-corrected chi connectivity index (χ1v) is 6.06. The molecule has 0 aliphatic carbocycles. The molecule has 0 amide bonds. The Morgan fingerprint density at radius 1 is 0.867 bits per heavy atom. The van der Waals surface area contributed by atoms with Gasteiger partial charge in [-0.3, -0.25) is 4.90 Å². The Morgan fingerprint density at radius 3 is 1.20 bits per heavy atom. The SMILES string of the molecule is C.CC.CC.CC1(C)CN(C(C)(C)C)C1. The monoisotopic (exact) mass is 217 g/mol. The van der Waals surface area contributed by atoms with Crippen molar-refractivity contribution in [1.29, 1.82) is 0 Å². The van der Waals surface area contributed by atoms with Gasteiger partial charge < -0.3 is 0 Å². The van der Waals surface area contributed by atoms with Crippen LogP contribution in [0.3, 0.4) is 0 Å². The topological polar surface area (TPSA) is 3.24 Å². The zero-order chi connectivity index (χ0) is 12.0. The van der Waals surface area contributed by atoms with Gasteiger partial charge in [0.1, 0.15) is 0 Å². The van der Waals surface area contributed by atoms with Crippen molar-refractivity contribution in [2.45, 2.75) is 75.3 Å². The molecule has 1 saturated heterocycles. The van der Waals surface area contributed by atoms with Crippen LogP contribution in [0.1, 0.15) is 69.7 Å². The van der Waals surface area contributed by atoms with Crippen LogP contribution in [0.4, 0.5) is 0 Å². The summed E-state index contributed by atoms with van der Waals surface area (Å²) in [5.74, 6) is 0. The maximum Gasteiger partial charge on any atom is 0.0125 e. The second kappa shape index (κ2) is 8.15. The average Bonchev–Trinajstić information content (AvgIpc) is 2.06. The molecule has 1 heteroatoms. The van der Waals surface area contributed by atoms with Crippen molar-refractivity contribution in [2.24, 2.45) is 5.41 Å². The van der Waals surface area contributed by atoms with Gasteiger partial charge in [0, 0.05) is 18.6 Å². The van der Waals surface area contributed by atoms with Gasteiger partial charge in [-0.2, -0.15) is 0 Å². The Kier molecular flexibility index (Phi) is 11.1. The molecule has 0 atom stereocenters. The largest absolute Gasteiger partial charge is 0.297 e. The van der Waals surface area contributed by atoms with Gasteiger partial charge in [0.2, 0.25) is 0 Å². The number of hydrogen-bond donors (Lipinski definition) is 0. The molecule has 0 aromatic rings. The van der Waals surface area contributed by atoms with Crippen LogP contribution >= 0.6 is 0 Å². The lowest BCUT2D eigenvalue weighted by atomic mass is 9.81. The molecule has 0 aromatic carbocycles. The molecule has 1 fully saturated rings. The number of nitrogens with zero attached hydrogens (tertiary/aromatic N) is 1. The summed E-state index contributed by atoms with van der Waals surface area (Å²) < 4.78 is 0. The molecule has 0 spiro atoms. The van der Waals surface area contributed by atoms with E-state index >= 15 is 0 Å². The standard InChI is InChI=1S/C9H19N.2C2H6.CH4/c1-8(2,3)10-6-9(4,5)7-10;2*1-2;/h6-7H2,1-5H3;2*1-2H3;1H4. The summed E-state index contributed by atoms with van der Waals surface area (Å²) in [6, 6.07) is 0. The minimum atomic E-state index is 0. The predicted molar refractivity (Wildman–Crippen MR) is 74.5 cm³/mol. The Bertz CT molecular complexity index is 123. The van der Waals surface area contributed by atoms with Gasteiger partial charge in [0.25, 0.3) is 0 Å². The maximum atomic E-state index is 2.52. The molecule has 15 heavy (non-hydrogen) atoms. The third-order valence-corrected chi connectivity index (χ3v) is 2.19. The first-order chi connectivity index (χ1) is 6.31. The molecule has 0 bridgehead atoms. The van der Waals surface area contributed by atoms with E-state index in [1.165, 1.54) is 13.1 Å². The molecule has 0 unspecified atom stereocenters. The van der Waals surface area contributed by atoms with E-state index in [0.29, 0.717) is 11.0 Å². The molecular formula is C14H35N. The minimum Gasteiger partial charge on any atom is -0.297 e. The predicted octanol–water partition coefficient (Wildman–Crippen LogP) is 4.82. The first-order valence-electron chi connectivity index (χ1n) is 6.06.